The number of aliphatic hydroxyl groups is 1. The quantitative estimate of drug-likeness (QED) is 0.581. The average molecular weight is 196 g/mol. The molecular formula is C8H8N2O2S. The van der Waals surface area contributed by atoms with Gasteiger partial charge in [-0.1, -0.05) is 11.8 Å². The highest BCUT2D eigenvalue weighted by atomic mass is 32.2. The molecule has 2 aromatic rings. The monoisotopic (exact) mass is 196 g/mol. The number of aromatic nitrogens is 2. The average Bonchev–Trinajstić information content (AvgIpc) is 2.58. The zero-order valence-electron chi connectivity index (χ0n) is 7.02. The summed E-state index contributed by atoms with van der Waals surface area (Å²) >= 11 is 1.46. The molecule has 0 saturated carbocycles. The Morgan fingerprint density at radius 2 is 2.46 bits per heavy atom. The topological polar surface area (TPSA) is 59.2 Å². The minimum absolute atomic E-state index is 0.106. The van der Waals surface area contributed by atoms with Crippen molar-refractivity contribution in [3.63, 3.8) is 0 Å². The Balaban J connectivity index is 2.57. The van der Waals surface area contributed by atoms with E-state index >= 15 is 0 Å². The second kappa shape index (κ2) is 3.35. The van der Waals surface area contributed by atoms with Crippen molar-refractivity contribution in [2.75, 3.05) is 6.26 Å². The standard InChI is InChI=1S/C8H8N2O2S/c1-13-8-9-3-5-2-6(4-11)12-7(5)10-8/h2-3,11H,4H2,1H3. The van der Waals surface area contributed by atoms with Crippen LogP contribution in [0.3, 0.4) is 0 Å². The molecule has 2 rings (SSSR count). The van der Waals surface area contributed by atoms with Crippen LogP contribution in [0.4, 0.5) is 0 Å². The Morgan fingerprint density at radius 3 is 3.15 bits per heavy atom. The van der Waals surface area contributed by atoms with E-state index in [0.29, 0.717) is 16.6 Å². The molecule has 0 aromatic carbocycles. The molecule has 4 nitrogen and oxygen atoms in total. The smallest absolute Gasteiger partial charge is 0.230 e. The predicted octanol–water partition coefficient (Wildman–Crippen LogP) is 1.44. The van der Waals surface area contributed by atoms with Crippen molar-refractivity contribution >= 4 is 22.9 Å². The lowest BCUT2D eigenvalue weighted by Crippen LogP contribution is -1.82. The Kier molecular flexibility index (Phi) is 2.20. The molecule has 0 radical (unpaired) electrons. The fourth-order valence-electron chi connectivity index (χ4n) is 1.04. The largest absolute Gasteiger partial charge is 0.440 e. The zero-order valence-corrected chi connectivity index (χ0v) is 7.84. The number of fused-ring (bicyclic) bond motifs is 1. The van der Waals surface area contributed by atoms with Crippen LogP contribution in [0.5, 0.6) is 0 Å². The van der Waals surface area contributed by atoms with Gasteiger partial charge in [-0.3, -0.25) is 0 Å². The van der Waals surface area contributed by atoms with Gasteiger partial charge in [0, 0.05) is 6.20 Å². The van der Waals surface area contributed by atoms with Crippen molar-refractivity contribution in [3.8, 4) is 0 Å². The lowest BCUT2D eigenvalue weighted by atomic mass is 10.4. The zero-order chi connectivity index (χ0) is 9.26. The van der Waals surface area contributed by atoms with E-state index in [1.54, 1.807) is 12.3 Å². The maximum absolute atomic E-state index is 8.82. The van der Waals surface area contributed by atoms with Crippen molar-refractivity contribution < 1.29 is 9.52 Å². The van der Waals surface area contributed by atoms with Crippen LogP contribution in [0.15, 0.2) is 21.8 Å². The normalized spacial score (nSPS) is 10.9. The van der Waals surface area contributed by atoms with E-state index in [1.165, 1.54) is 11.8 Å². The maximum atomic E-state index is 8.82. The lowest BCUT2D eigenvalue weighted by Gasteiger charge is -1.91. The maximum Gasteiger partial charge on any atom is 0.230 e. The molecule has 13 heavy (non-hydrogen) atoms. The molecule has 2 heterocycles. The van der Waals surface area contributed by atoms with E-state index in [2.05, 4.69) is 9.97 Å². The van der Waals surface area contributed by atoms with Gasteiger partial charge in [0.2, 0.25) is 5.71 Å². The van der Waals surface area contributed by atoms with E-state index in [-0.39, 0.29) is 6.61 Å². The second-order valence-electron chi connectivity index (χ2n) is 2.49. The van der Waals surface area contributed by atoms with Gasteiger partial charge in [-0.25, -0.2) is 4.98 Å². The van der Waals surface area contributed by atoms with Crippen LogP contribution in [-0.4, -0.2) is 21.3 Å². The number of aliphatic hydroxyl groups excluding tert-OH is 1. The summed E-state index contributed by atoms with van der Waals surface area (Å²) < 4.78 is 5.25. The van der Waals surface area contributed by atoms with Crippen LogP contribution in [-0.2, 0) is 6.61 Å². The highest BCUT2D eigenvalue weighted by molar-refractivity contribution is 7.98. The summed E-state index contributed by atoms with van der Waals surface area (Å²) in [6, 6.07) is 1.74. The van der Waals surface area contributed by atoms with Crippen LogP contribution in [0.1, 0.15) is 5.76 Å². The molecular weight excluding hydrogens is 188 g/mol. The Labute approximate surface area is 79.0 Å². The van der Waals surface area contributed by atoms with Crippen LogP contribution in [0, 0.1) is 0 Å². The molecule has 0 bridgehead atoms. The number of furan rings is 1. The van der Waals surface area contributed by atoms with Gasteiger partial charge in [0.05, 0.1) is 5.39 Å². The minimum atomic E-state index is -0.106. The summed E-state index contributed by atoms with van der Waals surface area (Å²) in [5.74, 6) is 0.516. The third-order valence-electron chi connectivity index (χ3n) is 1.64. The summed E-state index contributed by atoms with van der Waals surface area (Å²) in [7, 11) is 0. The number of nitrogens with zero attached hydrogens (tertiary/aromatic N) is 2. The Hall–Kier alpha value is -1.07. The Bertz CT molecular complexity index is 425. The van der Waals surface area contributed by atoms with Crippen molar-refractivity contribution in [1.82, 2.24) is 9.97 Å². The molecule has 1 N–H and O–H groups in total. The van der Waals surface area contributed by atoms with Crippen LogP contribution in [0.2, 0.25) is 0 Å². The van der Waals surface area contributed by atoms with Crippen LogP contribution < -0.4 is 0 Å². The van der Waals surface area contributed by atoms with E-state index in [4.69, 9.17) is 9.52 Å². The lowest BCUT2D eigenvalue weighted by molar-refractivity contribution is 0.250. The van der Waals surface area contributed by atoms with E-state index in [9.17, 15) is 0 Å². The molecule has 2 aromatic heterocycles. The SMILES string of the molecule is CSc1ncc2cc(CO)oc2n1. The van der Waals surface area contributed by atoms with Gasteiger partial charge in [-0.2, -0.15) is 4.98 Å². The Morgan fingerprint density at radius 1 is 1.62 bits per heavy atom. The molecule has 0 aliphatic carbocycles. The number of rotatable bonds is 2. The number of hydrogen-bond acceptors (Lipinski definition) is 5. The van der Waals surface area contributed by atoms with Gasteiger partial charge in [0.1, 0.15) is 12.4 Å². The molecule has 0 unspecified atom stereocenters. The summed E-state index contributed by atoms with van der Waals surface area (Å²) in [5, 5.41) is 10.3. The highest BCUT2D eigenvalue weighted by Crippen LogP contribution is 2.18. The molecule has 5 heteroatoms. The van der Waals surface area contributed by atoms with Gasteiger partial charge in [0.15, 0.2) is 5.16 Å². The van der Waals surface area contributed by atoms with E-state index in [1.807, 2.05) is 6.26 Å². The van der Waals surface area contributed by atoms with E-state index < -0.39 is 0 Å². The number of hydrogen-bond donors (Lipinski definition) is 1. The number of thioether (sulfide) groups is 1. The van der Waals surface area contributed by atoms with Gasteiger partial charge in [0.25, 0.3) is 0 Å². The fourth-order valence-corrected chi connectivity index (χ4v) is 1.38. The first-order valence-electron chi connectivity index (χ1n) is 3.74. The van der Waals surface area contributed by atoms with Gasteiger partial charge >= 0.3 is 0 Å². The first-order valence-corrected chi connectivity index (χ1v) is 4.96. The van der Waals surface area contributed by atoms with Gasteiger partial charge in [-0.05, 0) is 12.3 Å². The van der Waals surface area contributed by atoms with Gasteiger partial charge in [-0.15, -0.1) is 0 Å². The van der Waals surface area contributed by atoms with Crippen molar-refractivity contribution in [2.24, 2.45) is 0 Å². The van der Waals surface area contributed by atoms with Crippen LogP contribution in [0.25, 0.3) is 11.1 Å². The molecule has 0 spiro atoms. The van der Waals surface area contributed by atoms with Crippen molar-refractivity contribution in [1.29, 1.82) is 0 Å². The summed E-state index contributed by atoms with van der Waals surface area (Å²) in [4.78, 5) is 8.22. The van der Waals surface area contributed by atoms with Crippen LogP contribution >= 0.6 is 11.8 Å². The van der Waals surface area contributed by atoms with E-state index in [0.717, 1.165) is 5.39 Å². The van der Waals surface area contributed by atoms with Crippen molar-refractivity contribution in [3.05, 3.63) is 18.0 Å². The third kappa shape index (κ3) is 1.52. The first kappa shape index (κ1) is 8.52. The first-order chi connectivity index (χ1) is 6.33. The summed E-state index contributed by atoms with van der Waals surface area (Å²) in [6.45, 7) is -0.106. The fraction of sp³-hybridized carbons (Fsp3) is 0.250. The molecule has 0 aliphatic heterocycles. The summed E-state index contributed by atoms with van der Waals surface area (Å²) in [5.41, 5.74) is 0.531. The molecule has 0 fully saturated rings. The minimum Gasteiger partial charge on any atom is -0.440 e. The molecule has 0 saturated heterocycles. The second-order valence-corrected chi connectivity index (χ2v) is 3.26. The predicted molar refractivity (Wildman–Crippen MR) is 49.5 cm³/mol. The van der Waals surface area contributed by atoms with Crippen molar-refractivity contribution in [2.45, 2.75) is 11.8 Å². The molecule has 0 atom stereocenters. The van der Waals surface area contributed by atoms with Gasteiger partial charge < -0.3 is 9.52 Å². The summed E-state index contributed by atoms with van der Waals surface area (Å²) in [6.07, 6.45) is 3.59. The molecule has 0 amide bonds. The highest BCUT2D eigenvalue weighted by Gasteiger charge is 2.05. The molecule has 68 valence electrons. The molecule has 0 aliphatic rings. The third-order valence-corrected chi connectivity index (χ3v) is 2.20.